The van der Waals surface area contributed by atoms with Gasteiger partial charge in [0.2, 0.25) is 5.88 Å². The summed E-state index contributed by atoms with van der Waals surface area (Å²) in [6.07, 6.45) is 1.64. The number of carbonyl (C=O) groups is 2. The van der Waals surface area contributed by atoms with Crippen molar-refractivity contribution in [2.75, 3.05) is 11.9 Å². The van der Waals surface area contributed by atoms with Crippen LogP contribution in [0.3, 0.4) is 0 Å². The zero-order valence-corrected chi connectivity index (χ0v) is 17.9. The Labute approximate surface area is 193 Å². The van der Waals surface area contributed by atoms with Crippen LogP contribution in [0.25, 0.3) is 10.8 Å². The van der Waals surface area contributed by atoms with E-state index in [1.807, 2.05) is 24.3 Å². The average Bonchev–Trinajstić information content (AvgIpc) is 2.85. The maximum absolute atomic E-state index is 12.7. The molecule has 0 spiro atoms. The molecule has 3 aromatic carbocycles. The van der Waals surface area contributed by atoms with Crippen LogP contribution < -0.4 is 10.1 Å². The van der Waals surface area contributed by atoms with Crippen molar-refractivity contribution < 1.29 is 24.0 Å². The standard InChI is InChI=1S/C24H18N4O6/c1-2-33-24(30)17-11-16(12-19(13-17)28(31)32)22(29)26-18-7-9-20(10-8-18)34-23-21-6-4-3-5-15(21)14-25-27-23/h3-14H,2H2,1H3,(H,26,29). The predicted octanol–water partition coefficient (Wildman–Crippen LogP) is 4.76. The molecule has 0 radical (unpaired) electrons. The molecule has 0 unspecified atom stereocenters. The molecular weight excluding hydrogens is 440 g/mol. The molecule has 0 saturated heterocycles. The van der Waals surface area contributed by atoms with Crippen molar-refractivity contribution in [2.24, 2.45) is 0 Å². The number of fused-ring (bicyclic) bond motifs is 1. The normalized spacial score (nSPS) is 10.5. The summed E-state index contributed by atoms with van der Waals surface area (Å²) in [5.74, 6) is -0.553. The topological polar surface area (TPSA) is 134 Å². The Hall–Kier alpha value is -4.86. The van der Waals surface area contributed by atoms with Gasteiger partial charge in [0.1, 0.15) is 5.75 Å². The zero-order chi connectivity index (χ0) is 24.1. The fourth-order valence-corrected chi connectivity index (χ4v) is 3.18. The number of carbonyl (C=O) groups excluding carboxylic acids is 2. The summed E-state index contributed by atoms with van der Waals surface area (Å²) in [5.41, 5.74) is -0.106. The van der Waals surface area contributed by atoms with E-state index in [1.165, 1.54) is 6.07 Å². The van der Waals surface area contributed by atoms with Crippen LogP contribution in [0.15, 0.2) is 72.9 Å². The Morgan fingerprint density at radius 3 is 2.50 bits per heavy atom. The number of nitrogens with zero attached hydrogens (tertiary/aromatic N) is 3. The summed E-state index contributed by atoms with van der Waals surface area (Å²) < 4.78 is 10.7. The Kier molecular flexibility index (Phi) is 6.40. The number of hydrogen-bond acceptors (Lipinski definition) is 8. The predicted molar refractivity (Wildman–Crippen MR) is 123 cm³/mol. The smallest absolute Gasteiger partial charge is 0.338 e. The molecule has 1 heterocycles. The fourth-order valence-electron chi connectivity index (χ4n) is 3.18. The zero-order valence-electron chi connectivity index (χ0n) is 17.9. The van der Waals surface area contributed by atoms with Gasteiger partial charge in [-0.05, 0) is 43.3 Å². The van der Waals surface area contributed by atoms with Gasteiger partial charge in [-0.15, -0.1) is 5.10 Å². The lowest BCUT2D eigenvalue weighted by atomic mass is 10.1. The molecule has 0 bridgehead atoms. The highest BCUT2D eigenvalue weighted by Crippen LogP contribution is 2.28. The second-order valence-electron chi connectivity index (χ2n) is 7.06. The average molecular weight is 458 g/mol. The van der Waals surface area contributed by atoms with Crippen LogP contribution in [-0.4, -0.2) is 33.6 Å². The van der Waals surface area contributed by atoms with Crippen LogP contribution >= 0.6 is 0 Å². The number of ether oxygens (including phenoxy) is 2. The van der Waals surface area contributed by atoms with Crippen molar-refractivity contribution in [3.05, 3.63) is 94.2 Å². The molecule has 0 aliphatic rings. The quantitative estimate of drug-likeness (QED) is 0.238. The Morgan fingerprint density at radius 1 is 1.03 bits per heavy atom. The van der Waals surface area contributed by atoms with E-state index in [2.05, 4.69) is 15.5 Å². The van der Waals surface area contributed by atoms with Gasteiger partial charge in [-0.3, -0.25) is 14.9 Å². The second-order valence-corrected chi connectivity index (χ2v) is 7.06. The van der Waals surface area contributed by atoms with Gasteiger partial charge in [-0.1, -0.05) is 18.2 Å². The highest BCUT2D eigenvalue weighted by atomic mass is 16.6. The molecule has 4 aromatic rings. The van der Waals surface area contributed by atoms with E-state index in [0.717, 1.165) is 22.9 Å². The van der Waals surface area contributed by atoms with E-state index in [0.29, 0.717) is 17.3 Å². The van der Waals surface area contributed by atoms with E-state index in [-0.39, 0.29) is 17.7 Å². The van der Waals surface area contributed by atoms with E-state index in [4.69, 9.17) is 9.47 Å². The molecule has 4 rings (SSSR count). The minimum absolute atomic E-state index is 0.0522. The van der Waals surface area contributed by atoms with Crippen LogP contribution in [0.2, 0.25) is 0 Å². The summed E-state index contributed by atoms with van der Waals surface area (Å²) >= 11 is 0. The van der Waals surface area contributed by atoms with Crippen molar-refractivity contribution in [3.8, 4) is 11.6 Å². The Bertz CT molecular complexity index is 1380. The number of benzene rings is 3. The summed E-state index contributed by atoms with van der Waals surface area (Å²) in [6.45, 7) is 1.71. The van der Waals surface area contributed by atoms with Crippen molar-refractivity contribution >= 4 is 34.0 Å². The summed E-state index contributed by atoms with van der Waals surface area (Å²) in [5, 5.41) is 23.5. The highest BCUT2D eigenvalue weighted by Gasteiger charge is 2.19. The molecule has 0 aliphatic heterocycles. The first kappa shape index (κ1) is 22.3. The van der Waals surface area contributed by atoms with E-state index in [1.54, 1.807) is 37.4 Å². The second kappa shape index (κ2) is 9.74. The van der Waals surface area contributed by atoms with Gasteiger partial charge in [0, 0.05) is 34.2 Å². The van der Waals surface area contributed by atoms with Crippen LogP contribution in [0, 0.1) is 10.1 Å². The number of rotatable bonds is 7. The number of anilines is 1. The van der Waals surface area contributed by atoms with Gasteiger partial charge in [0.05, 0.1) is 23.3 Å². The molecule has 1 aromatic heterocycles. The fraction of sp³-hybridized carbons (Fsp3) is 0.0833. The lowest BCUT2D eigenvalue weighted by Crippen LogP contribution is -2.14. The maximum atomic E-state index is 12.7. The first-order chi connectivity index (χ1) is 16.4. The third-order valence-electron chi connectivity index (χ3n) is 4.77. The minimum atomic E-state index is -0.752. The SMILES string of the molecule is CCOC(=O)c1cc(C(=O)Nc2ccc(Oc3nncc4ccccc34)cc2)cc([N+](=O)[O-])c1. The third kappa shape index (κ3) is 4.96. The van der Waals surface area contributed by atoms with Gasteiger partial charge >= 0.3 is 5.97 Å². The molecule has 10 nitrogen and oxygen atoms in total. The molecule has 34 heavy (non-hydrogen) atoms. The number of nitro groups is 1. The van der Waals surface area contributed by atoms with Gasteiger partial charge in [0.15, 0.2) is 0 Å². The van der Waals surface area contributed by atoms with Crippen molar-refractivity contribution in [2.45, 2.75) is 6.92 Å². The monoisotopic (exact) mass is 458 g/mol. The van der Waals surface area contributed by atoms with Crippen molar-refractivity contribution in [1.29, 1.82) is 0 Å². The number of aromatic nitrogens is 2. The molecule has 0 saturated carbocycles. The van der Waals surface area contributed by atoms with Crippen LogP contribution in [0.4, 0.5) is 11.4 Å². The number of esters is 1. The van der Waals surface area contributed by atoms with Crippen molar-refractivity contribution in [1.82, 2.24) is 10.2 Å². The third-order valence-corrected chi connectivity index (χ3v) is 4.77. The Morgan fingerprint density at radius 2 is 1.76 bits per heavy atom. The number of non-ortho nitro benzene ring substituents is 1. The molecule has 1 amide bonds. The minimum Gasteiger partial charge on any atom is -0.462 e. The molecule has 1 N–H and O–H groups in total. The van der Waals surface area contributed by atoms with Gasteiger partial charge < -0.3 is 14.8 Å². The first-order valence-corrected chi connectivity index (χ1v) is 10.2. The lowest BCUT2D eigenvalue weighted by molar-refractivity contribution is -0.384. The first-order valence-electron chi connectivity index (χ1n) is 10.2. The highest BCUT2D eigenvalue weighted by molar-refractivity contribution is 6.06. The summed E-state index contributed by atoms with van der Waals surface area (Å²) in [6, 6.07) is 17.4. The lowest BCUT2D eigenvalue weighted by Gasteiger charge is -2.09. The van der Waals surface area contributed by atoms with E-state index < -0.39 is 22.5 Å². The summed E-state index contributed by atoms with van der Waals surface area (Å²) in [4.78, 5) is 35.3. The number of amides is 1. The number of nitrogens with one attached hydrogen (secondary N) is 1. The molecular formula is C24H18N4O6. The molecule has 0 aliphatic carbocycles. The molecule has 170 valence electrons. The summed E-state index contributed by atoms with van der Waals surface area (Å²) in [7, 11) is 0. The van der Waals surface area contributed by atoms with Crippen LogP contribution in [0.1, 0.15) is 27.6 Å². The van der Waals surface area contributed by atoms with Crippen LogP contribution in [0.5, 0.6) is 11.6 Å². The van der Waals surface area contributed by atoms with E-state index in [9.17, 15) is 19.7 Å². The Balaban J connectivity index is 1.51. The number of nitro benzene ring substituents is 1. The van der Waals surface area contributed by atoms with Gasteiger partial charge in [-0.2, -0.15) is 5.10 Å². The van der Waals surface area contributed by atoms with Crippen LogP contribution in [-0.2, 0) is 4.74 Å². The molecule has 0 fully saturated rings. The number of hydrogen-bond donors (Lipinski definition) is 1. The molecule has 10 heteroatoms. The van der Waals surface area contributed by atoms with Crippen molar-refractivity contribution in [3.63, 3.8) is 0 Å². The maximum Gasteiger partial charge on any atom is 0.338 e. The molecule has 0 atom stereocenters. The largest absolute Gasteiger partial charge is 0.462 e. The van der Waals surface area contributed by atoms with Gasteiger partial charge in [-0.25, -0.2) is 4.79 Å². The van der Waals surface area contributed by atoms with Gasteiger partial charge in [0.25, 0.3) is 11.6 Å². The van der Waals surface area contributed by atoms with E-state index >= 15 is 0 Å².